The highest BCUT2D eigenvalue weighted by atomic mass is 19.1. The highest BCUT2D eigenvalue weighted by Gasteiger charge is 2.24. The Morgan fingerprint density at radius 2 is 2.13 bits per heavy atom. The standard InChI is InChI=1S/C17H25FN2O3/c1-11(2)20(9-12(3)21)17(22)19-15-7-6-14(18)8-16(15)23-10-13-4-5-13/h6-8,11-13,21H,4-5,9-10H2,1-3H3,(H,19,22). The summed E-state index contributed by atoms with van der Waals surface area (Å²) in [7, 11) is 0. The van der Waals surface area contributed by atoms with Crippen molar-refractivity contribution in [2.45, 2.75) is 45.8 Å². The van der Waals surface area contributed by atoms with Crippen molar-refractivity contribution in [3.05, 3.63) is 24.0 Å². The summed E-state index contributed by atoms with van der Waals surface area (Å²) in [5.41, 5.74) is 0.438. The van der Waals surface area contributed by atoms with Crippen molar-refractivity contribution in [2.24, 2.45) is 5.92 Å². The second kappa shape index (κ2) is 7.64. The average molecular weight is 324 g/mol. The van der Waals surface area contributed by atoms with E-state index in [4.69, 9.17) is 4.74 Å². The van der Waals surface area contributed by atoms with Crippen LogP contribution >= 0.6 is 0 Å². The lowest BCUT2D eigenvalue weighted by Gasteiger charge is -2.28. The second-order valence-electron chi connectivity index (χ2n) is 6.42. The minimum absolute atomic E-state index is 0.0686. The van der Waals surface area contributed by atoms with Crippen molar-refractivity contribution in [2.75, 3.05) is 18.5 Å². The van der Waals surface area contributed by atoms with Gasteiger partial charge in [0.05, 0.1) is 18.4 Å². The van der Waals surface area contributed by atoms with Crippen molar-refractivity contribution in [3.63, 3.8) is 0 Å². The maximum Gasteiger partial charge on any atom is 0.322 e. The van der Waals surface area contributed by atoms with Gasteiger partial charge in [-0.1, -0.05) is 0 Å². The van der Waals surface area contributed by atoms with Crippen LogP contribution in [0.3, 0.4) is 0 Å². The number of carbonyl (C=O) groups excluding carboxylic acids is 1. The molecular formula is C17H25FN2O3. The first-order chi connectivity index (χ1) is 10.9. The van der Waals surface area contributed by atoms with Crippen molar-refractivity contribution in [3.8, 4) is 5.75 Å². The summed E-state index contributed by atoms with van der Waals surface area (Å²) in [4.78, 5) is 14.0. The molecule has 2 rings (SSSR count). The molecule has 1 unspecified atom stereocenters. The minimum Gasteiger partial charge on any atom is -0.491 e. The van der Waals surface area contributed by atoms with E-state index in [1.54, 1.807) is 6.92 Å². The fourth-order valence-electron chi connectivity index (χ4n) is 2.21. The van der Waals surface area contributed by atoms with Gasteiger partial charge >= 0.3 is 6.03 Å². The smallest absolute Gasteiger partial charge is 0.322 e. The Bertz CT molecular complexity index is 545. The SMILES string of the molecule is CC(O)CN(C(=O)Nc1ccc(F)cc1OCC1CC1)C(C)C. The molecule has 0 aliphatic heterocycles. The third kappa shape index (κ3) is 5.39. The van der Waals surface area contributed by atoms with E-state index in [9.17, 15) is 14.3 Å². The first-order valence-corrected chi connectivity index (χ1v) is 8.05. The van der Waals surface area contributed by atoms with Crippen LogP contribution in [0.2, 0.25) is 0 Å². The molecule has 128 valence electrons. The van der Waals surface area contributed by atoms with Gasteiger partial charge in [0, 0.05) is 18.7 Å². The number of anilines is 1. The molecule has 6 heteroatoms. The fourth-order valence-corrected chi connectivity index (χ4v) is 2.21. The number of hydrogen-bond donors (Lipinski definition) is 2. The monoisotopic (exact) mass is 324 g/mol. The lowest BCUT2D eigenvalue weighted by molar-refractivity contribution is 0.125. The highest BCUT2D eigenvalue weighted by Crippen LogP contribution is 2.32. The number of nitrogens with one attached hydrogen (secondary N) is 1. The number of hydrogen-bond acceptors (Lipinski definition) is 3. The Morgan fingerprint density at radius 1 is 1.43 bits per heavy atom. The summed E-state index contributed by atoms with van der Waals surface area (Å²) in [5.74, 6) is 0.466. The third-order valence-electron chi connectivity index (χ3n) is 3.70. The molecule has 1 aliphatic rings. The Balaban J connectivity index is 2.08. The number of rotatable bonds is 7. The first-order valence-electron chi connectivity index (χ1n) is 8.05. The molecule has 0 radical (unpaired) electrons. The van der Waals surface area contributed by atoms with Crippen LogP contribution in [0, 0.1) is 11.7 Å². The number of amides is 2. The van der Waals surface area contributed by atoms with Crippen LogP contribution in [0.1, 0.15) is 33.6 Å². The zero-order chi connectivity index (χ0) is 17.0. The second-order valence-corrected chi connectivity index (χ2v) is 6.42. The number of nitrogens with zero attached hydrogens (tertiary/aromatic N) is 1. The molecule has 2 N–H and O–H groups in total. The van der Waals surface area contributed by atoms with E-state index in [2.05, 4.69) is 5.32 Å². The molecule has 0 bridgehead atoms. The number of urea groups is 1. The molecule has 1 aliphatic carbocycles. The normalized spacial score (nSPS) is 15.4. The van der Waals surface area contributed by atoms with Gasteiger partial charge in [-0.3, -0.25) is 0 Å². The van der Waals surface area contributed by atoms with E-state index in [1.807, 2.05) is 13.8 Å². The number of aliphatic hydroxyl groups excluding tert-OH is 1. The van der Waals surface area contributed by atoms with Crippen molar-refractivity contribution in [1.82, 2.24) is 4.90 Å². The van der Waals surface area contributed by atoms with Crippen LogP contribution in [-0.2, 0) is 0 Å². The molecule has 1 aromatic rings. The zero-order valence-corrected chi connectivity index (χ0v) is 13.9. The minimum atomic E-state index is -0.623. The lowest BCUT2D eigenvalue weighted by Crippen LogP contribution is -2.43. The largest absolute Gasteiger partial charge is 0.491 e. The average Bonchev–Trinajstić information content (AvgIpc) is 3.28. The summed E-state index contributed by atoms with van der Waals surface area (Å²) >= 11 is 0. The number of aliphatic hydroxyl groups is 1. The Kier molecular flexibility index (Phi) is 5.82. The number of ether oxygens (including phenoxy) is 1. The maximum atomic E-state index is 13.4. The molecular weight excluding hydrogens is 299 g/mol. The van der Waals surface area contributed by atoms with Crippen molar-refractivity contribution in [1.29, 1.82) is 0 Å². The van der Waals surface area contributed by atoms with Crippen LogP contribution in [0.5, 0.6) is 5.75 Å². The van der Waals surface area contributed by atoms with Crippen molar-refractivity contribution < 1.29 is 19.0 Å². The molecule has 1 fully saturated rings. The predicted molar refractivity (Wildman–Crippen MR) is 87.2 cm³/mol. The summed E-state index contributed by atoms with van der Waals surface area (Å²) in [6, 6.07) is 3.65. The molecule has 5 nitrogen and oxygen atoms in total. The molecule has 2 amide bonds. The van der Waals surface area contributed by atoms with Gasteiger partial charge in [0.15, 0.2) is 0 Å². The van der Waals surface area contributed by atoms with Gasteiger partial charge in [0.25, 0.3) is 0 Å². The van der Waals surface area contributed by atoms with E-state index in [0.29, 0.717) is 24.0 Å². The quantitative estimate of drug-likeness (QED) is 0.809. The van der Waals surface area contributed by atoms with Gasteiger partial charge in [-0.25, -0.2) is 9.18 Å². The van der Waals surface area contributed by atoms with Gasteiger partial charge in [-0.2, -0.15) is 0 Å². The van der Waals surface area contributed by atoms with Crippen LogP contribution in [0.25, 0.3) is 0 Å². The van der Waals surface area contributed by atoms with Gasteiger partial charge in [0.2, 0.25) is 0 Å². The zero-order valence-electron chi connectivity index (χ0n) is 13.9. The van der Waals surface area contributed by atoms with Gasteiger partial charge < -0.3 is 20.1 Å². The van der Waals surface area contributed by atoms with Gasteiger partial charge in [-0.15, -0.1) is 0 Å². The first kappa shape index (κ1) is 17.5. The molecule has 0 aromatic heterocycles. The Labute approximate surface area is 136 Å². The molecule has 1 aromatic carbocycles. The van der Waals surface area contributed by atoms with Crippen LogP contribution in [0.15, 0.2) is 18.2 Å². The van der Waals surface area contributed by atoms with Crippen LogP contribution in [-0.4, -0.2) is 41.3 Å². The molecule has 1 atom stereocenters. The van der Waals surface area contributed by atoms with E-state index in [1.165, 1.54) is 23.1 Å². The van der Waals surface area contributed by atoms with E-state index < -0.39 is 11.9 Å². The summed E-state index contributed by atoms with van der Waals surface area (Å²) in [6.07, 6.45) is 1.64. The third-order valence-corrected chi connectivity index (χ3v) is 3.70. The number of halogens is 1. The summed E-state index contributed by atoms with van der Waals surface area (Å²) in [6.45, 7) is 6.13. The molecule has 1 saturated carbocycles. The Morgan fingerprint density at radius 3 is 2.70 bits per heavy atom. The summed E-state index contributed by atoms with van der Waals surface area (Å²) < 4.78 is 19.1. The van der Waals surface area contributed by atoms with Crippen LogP contribution < -0.4 is 10.1 Å². The number of carbonyl (C=O) groups is 1. The lowest BCUT2D eigenvalue weighted by atomic mass is 10.2. The van der Waals surface area contributed by atoms with Gasteiger partial charge in [-0.05, 0) is 51.7 Å². The molecule has 0 saturated heterocycles. The predicted octanol–water partition coefficient (Wildman–Crippen LogP) is 3.24. The topological polar surface area (TPSA) is 61.8 Å². The molecule has 23 heavy (non-hydrogen) atoms. The Hall–Kier alpha value is -1.82. The van der Waals surface area contributed by atoms with Crippen LogP contribution in [0.4, 0.5) is 14.9 Å². The van der Waals surface area contributed by atoms with E-state index in [0.717, 1.165) is 12.8 Å². The number of benzene rings is 1. The summed E-state index contributed by atoms with van der Waals surface area (Å²) in [5, 5.41) is 12.3. The highest BCUT2D eigenvalue weighted by molar-refractivity contribution is 5.91. The molecule has 0 spiro atoms. The van der Waals surface area contributed by atoms with Crippen molar-refractivity contribution >= 4 is 11.7 Å². The van der Waals surface area contributed by atoms with Gasteiger partial charge in [0.1, 0.15) is 11.6 Å². The fraction of sp³-hybridized carbons (Fsp3) is 0.588. The maximum absolute atomic E-state index is 13.4. The van der Waals surface area contributed by atoms with E-state index in [-0.39, 0.29) is 18.6 Å². The van der Waals surface area contributed by atoms with E-state index >= 15 is 0 Å². The molecule has 0 heterocycles.